The number of aromatic amines is 1. The topological polar surface area (TPSA) is 48.0 Å². The predicted octanol–water partition coefficient (Wildman–Crippen LogP) is 4.19. The van der Waals surface area contributed by atoms with Crippen LogP contribution in [0.5, 0.6) is 5.75 Å². The van der Waals surface area contributed by atoms with Gasteiger partial charge in [-0.3, -0.25) is 0 Å². The van der Waals surface area contributed by atoms with Gasteiger partial charge in [-0.15, -0.1) is 0 Å². The number of benzene rings is 2. The Labute approximate surface area is 132 Å². The summed E-state index contributed by atoms with van der Waals surface area (Å²) >= 11 is 1.54. The number of fused-ring (bicyclic) bond motifs is 1. The molecule has 0 aliphatic carbocycles. The van der Waals surface area contributed by atoms with E-state index in [9.17, 15) is 9.50 Å². The third kappa shape index (κ3) is 2.69. The number of aryl methyl sites for hydroxylation is 1. The minimum Gasteiger partial charge on any atom is -0.507 e. The highest BCUT2D eigenvalue weighted by Crippen LogP contribution is 2.41. The third-order valence-electron chi connectivity index (χ3n) is 3.53. The van der Waals surface area contributed by atoms with Crippen molar-refractivity contribution in [1.29, 1.82) is 0 Å². The molecule has 0 atom stereocenters. The number of nitrogens with one attached hydrogen (secondary N) is 2. The molecule has 0 unspecified atom stereocenters. The van der Waals surface area contributed by atoms with Gasteiger partial charge in [-0.05, 0) is 49.9 Å². The second-order valence-electron chi connectivity index (χ2n) is 5.16. The Kier molecular flexibility index (Phi) is 4.09. The lowest BCUT2D eigenvalue weighted by atomic mass is 10.2. The lowest BCUT2D eigenvalue weighted by molar-refractivity contribution is 0.481. The normalized spacial score (nSPS) is 11.2. The summed E-state index contributed by atoms with van der Waals surface area (Å²) in [5.41, 5.74) is 2.79. The van der Waals surface area contributed by atoms with Crippen LogP contribution < -0.4 is 5.32 Å². The first-order valence-corrected chi connectivity index (χ1v) is 7.83. The number of halogens is 1. The quantitative estimate of drug-likeness (QED) is 0.676. The zero-order valence-electron chi connectivity index (χ0n) is 12.4. The average Bonchev–Trinajstić information content (AvgIpc) is 2.79. The Morgan fingerprint density at radius 1 is 1.27 bits per heavy atom. The first kappa shape index (κ1) is 14.9. The molecule has 22 heavy (non-hydrogen) atoms. The fourth-order valence-corrected chi connectivity index (χ4v) is 3.68. The van der Waals surface area contributed by atoms with Crippen LogP contribution in [0.2, 0.25) is 0 Å². The largest absolute Gasteiger partial charge is 0.507 e. The summed E-state index contributed by atoms with van der Waals surface area (Å²) in [5, 5.41) is 14.0. The number of phenolic OH excluding ortho intramolecular Hbond substituents is 1. The highest BCUT2D eigenvalue weighted by molar-refractivity contribution is 7.99. The van der Waals surface area contributed by atoms with E-state index in [1.54, 1.807) is 30.0 Å². The van der Waals surface area contributed by atoms with Crippen molar-refractivity contribution in [2.45, 2.75) is 23.3 Å². The van der Waals surface area contributed by atoms with Crippen LogP contribution in [0.1, 0.15) is 11.3 Å². The van der Waals surface area contributed by atoms with Crippen molar-refractivity contribution in [3.05, 3.63) is 53.5 Å². The van der Waals surface area contributed by atoms with Crippen molar-refractivity contribution >= 4 is 22.7 Å². The predicted molar refractivity (Wildman–Crippen MR) is 88.0 cm³/mol. The lowest BCUT2D eigenvalue weighted by Gasteiger charge is -2.09. The van der Waals surface area contributed by atoms with Crippen LogP contribution in [0, 0.1) is 12.7 Å². The van der Waals surface area contributed by atoms with Gasteiger partial charge in [0.05, 0.1) is 10.9 Å². The Balaban J connectivity index is 2.09. The molecule has 5 heteroatoms. The second kappa shape index (κ2) is 6.02. The summed E-state index contributed by atoms with van der Waals surface area (Å²) in [6, 6.07) is 10.2. The third-order valence-corrected chi connectivity index (χ3v) is 4.87. The molecule has 0 aliphatic heterocycles. The summed E-state index contributed by atoms with van der Waals surface area (Å²) in [6.07, 6.45) is 0. The molecule has 2 aromatic carbocycles. The molecule has 0 amide bonds. The number of hydrogen-bond donors (Lipinski definition) is 3. The molecular weight excluding hydrogens is 299 g/mol. The van der Waals surface area contributed by atoms with Crippen LogP contribution >= 0.6 is 11.8 Å². The van der Waals surface area contributed by atoms with Crippen LogP contribution in [-0.2, 0) is 6.54 Å². The van der Waals surface area contributed by atoms with E-state index in [0.29, 0.717) is 6.54 Å². The van der Waals surface area contributed by atoms with Crippen LogP contribution in [0.3, 0.4) is 0 Å². The van der Waals surface area contributed by atoms with Crippen molar-refractivity contribution in [2.75, 3.05) is 7.05 Å². The van der Waals surface area contributed by atoms with Crippen LogP contribution in [0.15, 0.2) is 46.2 Å². The summed E-state index contributed by atoms with van der Waals surface area (Å²) in [7, 11) is 1.84. The first-order chi connectivity index (χ1) is 10.6. The zero-order valence-corrected chi connectivity index (χ0v) is 13.2. The van der Waals surface area contributed by atoms with Crippen LogP contribution in [0.4, 0.5) is 4.39 Å². The average molecular weight is 316 g/mol. The summed E-state index contributed by atoms with van der Waals surface area (Å²) in [4.78, 5) is 5.22. The Bertz CT molecular complexity index is 829. The molecule has 0 radical (unpaired) electrons. The van der Waals surface area contributed by atoms with E-state index in [-0.39, 0.29) is 11.6 Å². The highest BCUT2D eigenvalue weighted by Gasteiger charge is 2.15. The Morgan fingerprint density at radius 2 is 2.09 bits per heavy atom. The van der Waals surface area contributed by atoms with E-state index >= 15 is 0 Å². The van der Waals surface area contributed by atoms with Gasteiger partial charge in [0.15, 0.2) is 0 Å². The first-order valence-electron chi connectivity index (χ1n) is 7.01. The molecule has 3 rings (SSSR count). The molecule has 1 aromatic heterocycles. The van der Waals surface area contributed by atoms with Gasteiger partial charge >= 0.3 is 0 Å². The van der Waals surface area contributed by atoms with E-state index in [1.165, 1.54) is 6.07 Å². The maximum absolute atomic E-state index is 13.5. The molecule has 1 heterocycles. The van der Waals surface area contributed by atoms with Gasteiger partial charge in [0.25, 0.3) is 0 Å². The summed E-state index contributed by atoms with van der Waals surface area (Å²) < 4.78 is 13.5. The molecular formula is C17H17FN2OS. The fourth-order valence-electron chi connectivity index (χ4n) is 2.54. The van der Waals surface area contributed by atoms with Gasteiger partial charge in [0.2, 0.25) is 0 Å². The minimum absolute atomic E-state index is 0.243. The Morgan fingerprint density at radius 3 is 2.86 bits per heavy atom. The molecule has 0 spiro atoms. The van der Waals surface area contributed by atoms with Crippen molar-refractivity contribution in [3.63, 3.8) is 0 Å². The molecule has 3 N–H and O–H groups in total. The van der Waals surface area contributed by atoms with Gasteiger partial charge < -0.3 is 15.4 Å². The molecule has 3 nitrogen and oxygen atoms in total. The zero-order chi connectivity index (χ0) is 15.7. The fraction of sp³-hybridized carbons (Fsp3) is 0.176. The van der Waals surface area contributed by atoms with Crippen LogP contribution in [0.25, 0.3) is 10.9 Å². The molecule has 0 aliphatic rings. The van der Waals surface area contributed by atoms with Crippen molar-refractivity contribution in [2.24, 2.45) is 0 Å². The molecule has 0 saturated heterocycles. The molecule has 0 fully saturated rings. The minimum atomic E-state index is -0.243. The standard InChI is InChI=1S/C17H17FN2OS/c1-10-17(16-13(20-10)4-3-5-14(16)21)22-15-7-6-12(18)8-11(15)9-19-2/h3-8,19-21H,9H2,1-2H3. The molecule has 114 valence electrons. The van der Waals surface area contributed by atoms with Crippen molar-refractivity contribution in [3.8, 4) is 5.75 Å². The van der Waals surface area contributed by atoms with Gasteiger partial charge in [0, 0.05) is 22.0 Å². The van der Waals surface area contributed by atoms with E-state index in [1.807, 2.05) is 26.1 Å². The maximum atomic E-state index is 13.5. The van der Waals surface area contributed by atoms with E-state index in [4.69, 9.17) is 0 Å². The molecule has 0 saturated carbocycles. The number of hydrogen-bond acceptors (Lipinski definition) is 3. The number of rotatable bonds is 4. The van der Waals surface area contributed by atoms with E-state index < -0.39 is 0 Å². The van der Waals surface area contributed by atoms with Gasteiger partial charge in [0.1, 0.15) is 11.6 Å². The van der Waals surface area contributed by atoms with E-state index in [2.05, 4.69) is 10.3 Å². The monoisotopic (exact) mass is 316 g/mol. The molecule has 3 aromatic rings. The second-order valence-corrected chi connectivity index (χ2v) is 6.22. The van der Waals surface area contributed by atoms with Crippen molar-refractivity contribution < 1.29 is 9.50 Å². The smallest absolute Gasteiger partial charge is 0.126 e. The summed E-state index contributed by atoms with van der Waals surface area (Å²) in [6.45, 7) is 2.57. The van der Waals surface area contributed by atoms with E-state index in [0.717, 1.165) is 32.0 Å². The van der Waals surface area contributed by atoms with Crippen molar-refractivity contribution in [1.82, 2.24) is 10.3 Å². The highest BCUT2D eigenvalue weighted by atomic mass is 32.2. The summed E-state index contributed by atoms with van der Waals surface area (Å²) in [5.74, 6) is 0.00900. The number of aromatic nitrogens is 1. The van der Waals surface area contributed by atoms with Gasteiger partial charge in [-0.1, -0.05) is 17.8 Å². The van der Waals surface area contributed by atoms with Gasteiger partial charge in [-0.25, -0.2) is 4.39 Å². The Hall–Kier alpha value is -1.98. The molecule has 0 bridgehead atoms. The van der Waals surface area contributed by atoms with Crippen LogP contribution in [-0.4, -0.2) is 17.1 Å². The van der Waals surface area contributed by atoms with Gasteiger partial charge in [-0.2, -0.15) is 0 Å². The number of aromatic hydroxyl groups is 1. The lowest BCUT2D eigenvalue weighted by Crippen LogP contribution is -2.06. The number of H-pyrrole nitrogens is 1. The number of phenols is 1. The maximum Gasteiger partial charge on any atom is 0.126 e. The SMILES string of the molecule is CNCc1cc(F)ccc1Sc1c(C)[nH]c2cccc(O)c12.